The second kappa shape index (κ2) is 5.40. The zero-order valence-electron chi connectivity index (χ0n) is 11.5. The molecule has 0 spiro atoms. The number of nitrogens with two attached hydrogens (primary N) is 1. The maximum atomic E-state index is 6.46. The molecule has 0 radical (unpaired) electrons. The van der Waals surface area contributed by atoms with Gasteiger partial charge in [0.05, 0.1) is 10.7 Å². The van der Waals surface area contributed by atoms with Gasteiger partial charge in [0, 0.05) is 17.8 Å². The van der Waals surface area contributed by atoms with Crippen LogP contribution in [0.5, 0.6) is 0 Å². The molecular weight excluding hydrogens is 244 g/mol. The van der Waals surface area contributed by atoms with Crippen molar-refractivity contribution in [1.29, 1.82) is 0 Å². The summed E-state index contributed by atoms with van der Waals surface area (Å²) < 4.78 is 0. The van der Waals surface area contributed by atoms with Crippen molar-refractivity contribution < 1.29 is 0 Å². The molecule has 1 aromatic carbocycles. The van der Waals surface area contributed by atoms with Crippen LogP contribution in [0.3, 0.4) is 0 Å². The normalized spacial score (nSPS) is 24.3. The Bertz CT molecular complexity index is 421. The zero-order chi connectivity index (χ0) is 13.3. The summed E-state index contributed by atoms with van der Waals surface area (Å²) in [5.41, 5.74) is 9.13. The Balaban J connectivity index is 2.48. The van der Waals surface area contributed by atoms with Crippen LogP contribution >= 0.6 is 11.6 Å². The summed E-state index contributed by atoms with van der Waals surface area (Å²) in [6.45, 7) is 6.75. The fraction of sp³-hybridized carbons (Fsp3) is 0.600. The van der Waals surface area contributed by atoms with Gasteiger partial charge in [0.2, 0.25) is 0 Å². The molecule has 2 nitrogen and oxygen atoms in total. The third-order valence-corrected chi connectivity index (χ3v) is 4.29. The van der Waals surface area contributed by atoms with Crippen LogP contribution in [-0.4, -0.2) is 12.1 Å². The molecule has 0 unspecified atom stereocenters. The van der Waals surface area contributed by atoms with Crippen molar-refractivity contribution in [1.82, 2.24) is 0 Å². The van der Waals surface area contributed by atoms with Crippen LogP contribution in [0, 0.1) is 0 Å². The Morgan fingerprint density at radius 1 is 1.28 bits per heavy atom. The molecule has 100 valence electrons. The van der Waals surface area contributed by atoms with Gasteiger partial charge in [0.15, 0.2) is 0 Å². The summed E-state index contributed by atoms with van der Waals surface area (Å²) in [7, 11) is 0. The van der Waals surface area contributed by atoms with E-state index < -0.39 is 0 Å². The lowest BCUT2D eigenvalue weighted by molar-refractivity contribution is 0.413. The van der Waals surface area contributed by atoms with E-state index in [2.05, 4.69) is 31.7 Å². The fourth-order valence-corrected chi connectivity index (χ4v) is 3.44. The minimum Gasteiger partial charge on any atom is -0.399 e. The summed E-state index contributed by atoms with van der Waals surface area (Å²) in [6.07, 6.45) is 4.77. The second-order valence-electron chi connectivity index (χ2n) is 5.40. The third-order valence-electron chi connectivity index (χ3n) is 4.00. The van der Waals surface area contributed by atoms with Crippen molar-refractivity contribution in [2.45, 2.75) is 58.5 Å². The zero-order valence-corrected chi connectivity index (χ0v) is 12.3. The first-order valence-corrected chi connectivity index (χ1v) is 7.28. The first kappa shape index (κ1) is 13.5. The van der Waals surface area contributed by atoms with Crippen LogP contribution in [0.15, 0.2) is 12.1 Å². The number of piperidine rings is 1. The largest absolute Gasteiger partial charge is 0.399 e. The molecule has 0 aromatic heterocycles. The standard InChI is InChI=1S/C15H23ClN2/c1-4-12-8-13(17)9-14(16)15(12)18-10(2)6-5-7-11(18)3/h8-11H,4-7,17H2,1-3H3/t10-,11+. The first-order chi connectivity index (χ1) is 8.54. The summed E-state index contributed by atoms with van der Waals surface area (Å²) >= 11 is 6.46. The number of hydrogen-bond acceptors (Lipinski definition) is 2. The number of hydrogen-bond donors (Lipinski definition) is 1. The lowest BCUT2D eigenvalue weighted by atomic mass is 9.95. The van der Waals surface area contributed by atoms with Gasteiger partial charge in [-0.3, -0.25) is 0 Å². The molecule has 1 saturated heterocycles. The summed E-state index contributed by atoms with van der Waals surface area (Å²) in [6, 6.07) is 5.06. The van der Waals surface area contributed by atoms with Crippen LogP contribution in [0.25, 0.3) is 0 Å². The Hall–Kier alpha value is -0.890. The Kier molecular flexibility index (Phi) is 4.06. The molecule has 3 heteroatoms. The van der Waals surface area contributed by atoms with Crippen LogP contribution < -0.4 is 10.6 Å². The molecule has 18 heavy (non-hydrogen) atoms. The summed E-state index contributed by atoms with van der Waals surface area (Å²) in [5, 5.41) is 0.799. The smallest absolute Gasteiger partial charge is 0.0663 e. The fourth-order valence-electron chi connectivity index (χ4n) is 3.10. The van der Waals surface area contributed by atoms with Crippen LogP contribution in [0.1, 0.15) is 45.6 Å². The quantitative estimate of drug-likeness (QED) is 0.811. The van der Waals surface area contributed by atoms with Crippen molar-refractivity contribution in [3.05, 3.63) is 22.7 Å². The SMILES string of the molecule is CCc1cc(N)cc(Cl)c1N1[C@H](C)CCC[C@@H]1C. The molecule has 2 N–H and O–H groups in total. The Morgan fingerprint density at radius 3 is 2.44 bits per heavy atom. The predicted octanol–water partition coefficient (Wildman–Crippen LogP) is 4.25. The van der Waals surface area contributed by atoms with E-state index in [4.69, 9.17) is 17.3 Å². The molecule has 1 aliphatic rings. The summed E-state index contributed by atoms with van der Waals surface area (Å²) in [4.78, 5) is 2.49. The van der Waals surface area contributed by atoms with E-state index in [1.54, 1.807) is 0 Å². The van der Waals surface area contributed by atoms with Gasteiger partial charge >= 0.3 is 0 Å². The van der Waals surface area contributed by atoms with Crippen molar-refractivity contribution >= 4 is 23.0 Å². The average Bonchev–Trinajstić information content (AvgIpc) is 2.30. The molecule has 1 aromatic rings. The number of halogens is 1. The molecular formula is C15H23ClN2. The highest BCUT2D eigenvalue weighted by Gasteiger charge is 2.28. The minimum absolute atomic E-state index is 0.556. The van der Waals surface area contributed by atoms with Gasteiger partial charge in [0.1, 0.15) is 0 Å². The number of nitrogens with zero attached hydrogens (tertiary/aromatic N) is 1. The minimum atomic E-state index is 0.556. The predicted molar refractivity (Wildman–Crippen MR) is 80.5 cm³/mol. The second-order valence-corrected chi connectivity index (χ2v) is 5.81. The maximum absolute atomic E-state index is 6.46. The Labute approximate surface area is 115 Å². The highest BCUT2D eigenvalue weighted by atomic mass is 35.5. The number of nitrogen functional groups attached to an aromatic ring is 1. The number of benzene rings is 1. The van der Waals surface area contributed by atoms with Gasteiger partial charge in [-0.1, -0.05) is 18.5 Å². The van der Waals surface area contributed by atoms with Crippen molar-refractivity contribution in [3.8, 4) is 0 Å². The maximum Gasteiger partial charge on any atom is 0.0663 e. The molecule has 0 amide bonds. The summed E-state index contributed by atoms with van der Waals surface area (Å²) in [5.74, 6) is 0. The van der Waals surface area contributed by atoms with Gasteiger partial charge in [-0.15, -0.1) is 0 Å². The van der Waals surface area contributed by atoms with Gasteiger partial charge < -0.3 is 10.6 Å². The van der Waals surface area contributed by atoms with E-state index >= 15 is 0 Å². The Morgan fingerprint density at radius 2 is 1.89 bits per heavy atom. The van der Waals surface area contributed by atoms with Gasteiger partial charge in [-0.2, -0.15) is 0 Å². The monoisotopic (exact) mass is 266 g/mol. The highest BCUT2D eigenvalue weighted by Crippen LogP contribution is 2.38. The molecule has 1 aliphatic heterocycles. The van der Waals surface area contributed by atoms with Crippen LogP contribution in [0.2, 0.25) is 5.02 Å². The number of aryl methyl sites for hydroxylation is 1. The van der Waals surface area contributed by atoms with Gasteiger partial charge in [-0.25, -0.2) is 0 Å². The first-order valence-electron chi connectivity index (χ1n) is 6.90. The molecule has 0 bridgehead atoms. The number of anilines is 2. The molecule has 1 heterocycles. The van der Waals surface area contributed by atoms with E-state index in [1.165, 1.54) is 30.5 Å². The average molecular weight is 267 g/mol. The van der Waals surface area contributed by atoms with Crippen LogP contribution in [0.4, 0.5) is 11.4 Å². The third kappa shape index (κ3) is 2.44. The van der Waals surface area contributed by atoms with Gasteiger partial charge in [0.25, 0.3) is 0 Å². The number of rotatable bonds is 2. The molecule has 2 rings (SSSR count). The van der Waals surface area contributed by atoms with E-state index in [1.807, 2.05) is 6.07 Å². The molecule has 2 atom stereocenters. The molecule has 0 saturated carbocycles. The van der Waals surface area contributed by atoms with E-state index in [-0.39, 0.29) is 0 Å². The van der Waals surface area contributed by atoms with E-state index in [0.29, 0.717) is 12.1 Å². The van der Waals surface area contributed by atoms with Crippen molar-refractivity contribution in [3.63, 3.8) is 0 Å². The lowest BCUT2D eigenvalue weighted by Crippen LogP contribution is -2.44. The molecule has 0 aliphatic carbocycles. The van der Waals surface area contributed by atoms with E-state index in [0.717, 1.165) is 17.1 Å². The van der Waals surface area contributed by atoms with Crippen molar-refractivity contribution in [2.75, 3.05) is 10.6 Å². The van der Waals surface area contributed by atoms with Gasteiger partial charge in [-0.05, 0) is 57.2 Å². The molecule has 1 fully saturated rings. The van der Waals surface area contributed by atoms with E-state index in [9.17, 15) is 0 Å². The van der Waals surface area contributed by atoms with Crippen molar-refractivity contribution in [2.24, 2.45) is 0 Å². The topological polar surface area (TPSA) is 29.3 Å². The highest BCUT2D eigenvalue weighted by molar-refractivity contribution is 6.33. The lowest BCUT2D eigenvalue weighted by Gasteiger charge is -2.42. The van der Waals surface area contributed by atoms with Crippen LogP contribution in [-0.2, 0) is 6.42 Å².